The topological polar surface area (TPSA) is 49.4 Å². The van der Waals surface area contributed by atoms with Gasteiger partial charge in [-0.05, 0) is 34.7 Å². The molecule has 1 N–H and O–H groups in total. The van der Waals surface area contributed by atoms with E-state index in [1.54, 1.807) is 12.1 Å². The summed E-state index contributed by atoms with van der Waals surface area (Å²) in [5.74, 6) is 0. The molecule has 0 amide bonds. The predicted octanol–water partition coefficient (Wildman–Crippen LogP) is 1.51. The number of hydrogen-bond donors (Lipinski definition) is 1. The maximum Gasteiger partial charge on any atom is 0.301 e. The second-order valence-corrected chi connectivity index (χ2v) is 5.92. The van der Waals surface area contributed by atoms with Crippen molar-refractivity contribution in [3.8, 4) is 0 Å². The Morgan fingerprint density at radius 2 is 1.86 bits per heavy atom. The van der Waals surface area contributed by atoms with Crippen LogP contribution in [0.25, 0.3) is 0 Å². The highest BCUT2D eigenvalue weighted by Gasteiger charge is 2.13. The average Bonchev–Trinajstić information content (AvgIpc) is 2.08. The van der Waals surface area contributed by atoms with Gasteiger partial charge in [-0.3, -0.25) is 4.72 Å². The van der Waals surface area contributed by atoms with E-state index in [2.05, 4.69) is 27.3 Å². The molecule has 1 aromatic carbocycles. The molecule has 78 valence electrons. The zero-order valence-electron chi connectivity index (χ0n) is 7.86. The van der Waals surface area contributed by atoms with Gasteiger partial charge in [0.2, 0.25) is 0 Å². The minimum atomic E-state index is -3.40. The molecule has 0 heterocycles. The van der Waals surface area contributed by atoms with E-state index in [1.165, 1.54) is 14.1 Å². The second kappa shape index (κ2) is 4.45. The van der Waals surface area contributed by atoms with Crippen molar-refractivity contribution >= 4 is 38.5 Å². The Morgan fingerprint density at radius 1 is 1.29 bits per heavy atom. The summed E-state index contributed by atoms with van der Waals surface area (Å²) in [6.07, 6.45) is 0. The molecule has 6 heteroatoms. The fraction of sp³-hybridized carbons (Fsp3) is 0.250. The van der Waals surface area contributed by atoms with E-state index in [4.69, 9.17) is 0 Å². The van der Waals surface area contributed by atoms with Crippen LogP contribution in [0.2, 0.25) is 0 Å². The van der Waals surface area contributed by atoms with E-state index in [1.807, 2.05) is 12.1 Å². The maximum absolute atomic E-state index is 11.5. The zero-order chi connectivity index (χ0) is 10.8. The van der Waals surface area contributed by atoms with Crippen LogP contribution in [0, 0.1) is 3.57 Å². The number of nitrogens with zero attached hydrogens (tertiary/aromatic N) is 1. The minimum Gasteiger partial charge on any atom is -0.270 e. The Labute approximate surface area is 97.6 Å². The summed E-state index contributed by atoms with van der Waals surface area (Å²) >= 11 is 2.08. The van der Waals surface area contributed by atoms with E-state index in [9.17, 15) is 8.42 Å². The summed E-state index contributed by atoms with van der Waals surface area (Å²) in [5, 5.41) is 0. The molecule has 0 aromatic heterocycles. The highest BCUT2D eigenvalue weighted by Crippen LogP contribution is 2.18. The lowest BCUT2D eigenvalue weighted by atomic mass is 10.3. The lowest BCUT2D eigenvalue weighted by molar-refractivity contribution is 0.527. The lowest BCUT2D eigenvalue weighted by Gasteiger charge is -2.14. The van der Waals surface area contributed by atoms with Crippen molar-refractivity contribution in [3.63, 3.8) is 0 Å². The summed E-state index contributed by atoms with van der Waals surface area (Å²) in [4.78, 5) is 0. The third kappa shape index (κ3) is 2.82. The van der Waals surface area contributed by atoms with Gasteiger partial charge in [-0.1, -0.05) is 12.1 Å². The molecular weight excluding hydrogens is 315 g/mol. The first-order valence-corrected chi connectivity index (χ1v) is 6.40. The summed E-state index contributed by atoms with van der Waals surface area (Å²) < 4.78 is 27.4. The van der Waals surface area contributed by atoms with Crippen LogP contribution in [0.5, 0.6) is 0 Å². The molecule has 0 aliphatic rings. The van der Waals surface area contributed by atoms with Crippen LogP contribution >= 0.6 is 22.6 Å². The monoisotopic (exact) mass is 326 g/mol. The SMILES string of the molecule is CN(C)S(=O)(=O)Nc1ccccc1I. The van der Waals surface area contributed by atoms with Gasteiger partial charge in [0.1, 0.15) is 0 Å². The first-order valence-electron chi connectivity index (χ1n) is 3.88. The number of rotatable bonds is 3. The van der Waals surface area contributed by atoms with Crippen molar-refractivity contribution < 1.29 is 8.42 Å². The van der Waals surface area contributed by atoms with E-state index in [0.29, 0.717) is 5.69 Å². The number of benzene rings is 1. The number of para-hydroxylation sites is 1. The van der Waals surface area contributed by atoms with Crippen LogP contribution in [0.15, 0.2) is 24.3 Å². The molecule has 0 unspecified atom stereocenters. The van der Waals surface area contributed by atoms with Gasteiger partial charge in [0.05, 0.1) is 5.69 Å². The normalized spacial score (nSPS) is 11.7. The molecule has 1 aromatic rings. The highest BCUT2D eigenvalue weighted by atomic mass is 127. The fourth-order valence-corrected chi connectivity index (χ4v) is 2.12. The molecule has 0 spiro atoms. The van der Waals surface area contributed by atoms with Crippen molar-refractivity contribution in [1.82, 2.24) is 4.31 Å². The van der Waals surface area contributed by atoms with Gasteiger partial charge in [0, 0.05) is 17.7 Å². The van der Waals surface area contributed by atoms with Crippen LogP contribution < -0.4 is 4.72 Å². The molecular formula is C8H11IN2O2S. The van der Waals surface area contributed by atoms with E-state index in [-0.39, 0.29) is 0 Å². The molecule has 1 rings (SSSR count). The largest absolute Gasteiger partial charge is 0.301 e. The van der Waals surface area contributed by atoms with Crippen molar-refractivity contribution in [2.75, 3.05) is 18.8 Å². The van der Waals surface area contributed by atoms with E-state index in [0.717, 1.165) is 7.88 Å². The smallest absolute Gasteiger partial charge is 0.270 e. The number of halogens is 1. The Balaban J connectivity index is 2.96. The van der Waals surface area contributed by atoms with Crippen LogP contribution in [-0.4, -0.2) is 26.8 Å². The minimum absolute atomic E-state index is 0.599. The molecule has 0 aliphatic carbocycles. The number of hydrogen-bond acceptors (Lipinski definition) is 2. The summed E-state index contributed by atoms with van der Waals surface area (Å²) in [5.41, 5.74) is 0.599. The van der Waals surface area contributed by atoms with Gasteiger partial charge in [-0.25, -0.2) is 0 Å². The van der Waals surface area contributed by atoms with Crippen molar-refractivity contribution in [3.05, 3.63) is 27.8 Å². The van der Waals surface area contributed by atoms with Gasteiger partial charge in [0.25, 0.3) is 0 Å². The van der Waals surface area contributed by atoms with Crippen molar-refractivity contribution in [2.45, 2.75) is 0 Å². The Bertz CT molecular complexity index is 417. The number of nitrogens with one attached hydrogen (secondary N) is 1. The van der Waals surface area contributed by atoms with Gasteiger partial charge in [0.15, 0.2) is 0 Å². The Kier molecular flexibility index (Phi) is 3.73. The van der Waals surface area contributed by atoms with Crippen LogP contribution in [0.4, 0.5) is 5.69 Å². The zero-order valence-corrected chi connectivity index (χ0v) is 10.8. The average molecular weight is 326 g/mol. The van der Waals surface area contributed by atoms with Gasteiger partial charge in [-0.15, -0.1) is 0 Å². The molecule has 0 saturated carbocycles. The molecule has 0 bridgehead atoms. The first kappa shape index (κ1) is 11.7. The fourth-order valence-electron chi connectivity index (χ4n) is 0.774. The number of anilines is 1. The van der Waals surface area contributed by atoms with Gasteiger partial charge >= 0.3 is 10.2 Å². The molecule has 0 atom stereocenters. The highest BCUT2D eigenvalue weighted by molar-refractivity contribution is 14.1. The van der Waals surface area contributed by atoms with Crippen molar-refractivity contribution in [1.29, 1.82) is 0 Å². The van der Waals surface area contributed by atoms with Crippen molar-refractivity contribution in [2.24, 2.45) is 0 Å². The predicted molar refractivity (Wildman–Crippen MR) is 65.4 cm³/mol. The first-order chi connectivity index (χ1) is 6.43. The maximum atomic E-state index is 11.5. The van der Waals surface area contributed by atoms with Crippen LogP contribution in [0.3, 0.4) is 0 Å². The third-order valence-electron chi connectivity index (χ3n) is 1.59. The van der Waals surface area contributed by atoms with E-state index < -0.39 is 10.2 Å². The van der Waals surface area contributed by atoms with E-state index >= 15 is 0 Å². The molecule has 14 heavy (non-hydrogen) atoms. The summed E-state index contributed by atoms with van der Waals surface area (Å²) in [6, 6.07) is 7.21. The lowest BCUT2D eigenvalue weighted by Crippen LogP contribution is -2.29. The Hall–Kier alpha value is -0.340. The Morgan fingerprint density at radius 3 is 2.36 bits per heavy atom. The summed E-state index contributed by atoms with van der Waals surface area (Å²) in [6.45, 7) is 0. The van der Waals surface area contributed by atoms with Crippen LogP contribution in [0.1, 0.15) is 0 Å². The third-order valence-corrected chi connectivity index (χ3v) is 3.97. The molecule has 0 fully saturated rings. The molecule has 0 aliphatic heterocycles. The second-order valence-electron chi connectivity index (χ2n) is 2.87. The summed E-state index contributed by atoms with van der Waals surface area (Å²) in [7, 11) is -0.427. The molecule has 0 radical (unpaired) electrons. The van der Waals surface area contributed by atoms with Gasteiger partial charge < -0.3 is 0 Å². The standard InChI is InChI=1S/C8H11IN2O2S/c1-11(2)14(12,13)10-8-6-4-3-5-7(8)9/h3-6,10H,1-2H3. The van der Waals surface area contributed by atoms with Crippen LogP contribution in [-0.2, 0) is 10.2 Å². The molecule has 0 saturated heterocycles. The molecule has 4 nitrogen and oxygen atoms in total. The quantitative estimate of drug-likeness (QED) is 0.856. The van der Waals surface area contributed by atoms with Gasteiger partial charge in [-0.2, -0.15) is 12.7 Å².